The van der Waals surface area contributed by atoms with Gasteiger partial charge in [-0.25, -0.2) is 13.6 Å². The summed E-state index contributed by atoms with van der Waals surface area (Å²) in [5.74, 6) is 0.695. The Hall–Kier alpha value is -3.57. The second kappa shape index (κ2) is 7.99. The Kier molecular flexibility index (Phi) is 5.29. The van der Waals surface area contributed by atoms with Crippen LogP contribution in [0, 0.1) is 0 Å². The third kappa shape index (κ3) is 4.32. The number of ether oxygens (including phenoxy) is 2. The summed E-state index contributed by atoms with van der Waals surface area (Å²) in [7, 11) is -3.98. The number of sulfonamides is 1. The minimum atomic E-state index is -4.72. The lowest BCUT2D eigenvalue weighted by Gasteiger charge is -2.19. The fourth-order valence-corrected chi connectivity index (χ4v) is 4.66. The van der Waals surface area contributed by atoms with Crippen molar-refractivity contribution in [3.63, 3.8) is 0 Å². The molecule has 1 amide bonds. The molecule has 3 aromatic rings. The van der Waals surface area contributed by atoms with Gasteiger partial charge in [0.25, 0.3) is 0 Å². The van der Waals surface area contributed by atoms with Crippen molar-refractivity contribution >= 4 is 21.6 Å². The van der Waals surface area contributed by atoms with Crippen molar-refractivity contribution in [3.8, 4) is 22.6 Å². The number of alkyl halides is 3. The van der Waals surface area contributed by atoms with Crippen molar-refractivity contribution in [2.75, 3.05) is 12.1 Å². The van der Waals surface area contributed by atoms with E-state index in [1.165, 1.54) is 24.3 Å². The van der Waals surface area contributed by atoms with Crippen LogP contribution in [0.25, 0.3) is 11.1 Å². The van der Waals surface area contributed by atoms with Crippen LogP contribution in [0.4, 0.5) is 18.9 Å². The number of nitrogens with one attached hydrogen (secondary N) is 1. The van der Waals surface area contributed by atoms with Crippen molar-refractivity contribution in [3.05, 3.63) is 71.8 Å². The van der Waals surface area contributed by atoms with E-state index in [1.807, 2.05) is 0 Å². The molecule has 0 atom stereocenters. The summed E-state index contributed by atoms with van der Waals surface area (Å²) < 4.78 is 75.3. The van der Waals surface area contributed by atoms with Crippen LogP contribution >= 0.6 is 0 Å². The van der Waals surface area contributed by atoms with E-state index in [-0.39, 0.29) is 28.5 Å². The molecular formula is C24H19F3N2O5S. The SMILES string of the molecule is NS(=O)(=O)c1ccc(-c2ccc(NC(=O)C3(c4ccc5c(c4)OCO5)CC3)cc2C(F)(F)F)cc1. The fourth-order valence-electron chi connectivity index (χ4n) is 4.15. The molecule has 0 unspecified atom stereocenters. The van der Waals surface area contributed by atoms with Gasteiger partial charge in [-0.05, 0) is 65.9 Å². The number of halogens is 3. The van der Waals surface area contributed by atoms with E-state index in [2.05, 4.69) is 5.32 Å². The number of rotatable bonds is 5. The maximum Gasteiger partial charge on any atom is 0.417 e. The van der Waals surface area contributed by atoms with Gasteiger partial charge in [-0.2, -0.15) is 13.2 Å². The van der Waals surface area contributed by atoms with Crippen LogP contribution in [0.15, 0.2) is 65.6 Å². The monoisotopic (exact) mass is 504 g/mol. The second-order valence-corrected chi connectivity index (χ2v) is 9.99. The van der Waals surface area contributed by atoms with Gasteiger partial charge < -0.3 is 14.8 Å². The van der Waals surface area contributed by atoms with Crippen molar-refractivity contribution in [1.82, 2.24) is 0 Å². The molecule has 3 N–H and O–H groups in total. The molecule has 3 aromatic carbocycles. The number of benzene rings is 3. The molecule has 0 saturated heterocycles. The van der Waals surface area contributed by atoms with Gasteiger partial charge >= 0.3 is 6.18 Å². The molecule has 1 saturated carbocycles. The van der Waals surface area contributed by atoms with Crippen molar-refractivity contribution in [2.45, 2.75) is 29.3 Å². The van der Waals surface area contributed by atoms with Gasteiger partial charge in [0.2, 0.25) is 22.7 Å². The van der Waals surface area contributed by atoms with Crippen molar-refractivity contribution in [1.29, 1.82) is 0 Å². The zero-order valence-electron chi connectivity index (χ0n) is 18.1. The number of carbonyl (C=O) groups is 1. The first-order chi connectivity index (χ1) is 16.5. The highest BCUT2D eigenvalue weighted by molar-refractivity contribution is 7.89. The maximum atomic E-state index is 13.9. The van der Waals surface area contributed by atoms with Gasteiger partial charge in [0.15, 0.2) is 11.5 Å². The van der Waals surface area contributed by atoms with Gasteiger partial charge in [0.1, 0.15) is 0 Å². The van der Waals surface area contributed by atoms with E-state index in [4.69, 9.17) is 14.6 Å². The van der Waals surface area contributed by atoms with E-state index in [9.17, 15) is 26.4 Å². The van der Waals surface area contributed by atoms with Gasteiger partial charge in [-0.3, -0.25) is 4.79 Å². The maximum absolute atomic E-state index is 13.9. The summed E-state index contributed by atoms with van der Waals surface area (Å²) in [6.45, 7) is 0.0926. The number of amides is 1. The Bertz CT molecular complexity index is 1430. The lowest BCUT2D eigenvalue weighted by Crippen LogP contribution is -2.28. The summed E-state index contributed by atoms with van der Waals surface area (Å²) in [4.78, 5) is 12.9. The normalized spacial score (nSPS) is 16.1. The van der Waals surface area contributed by atoms with E-state index in [1.54, 1.807) is 18.2 Å². The first-order valence-corrected chi connectivity index (χ1v) is 12.1. The first-order valence-electron chi connectivity index (χ1n) is 10.5. The average Bonchev–Trinajstić information content (AvgIpc) is 3.49. The van der Waals surface area contributed by atoms with Gasteiger partial charge in [0, 0.05) is 5.69 Å². The predicted molar refractivity (Wildman–Crippen MR) is 120 cm³/mol. The molecule has 11 heteroatoms. The lowest BCUT2D eigenvalue weighted by molar-refractivity contribution is -0.137. The van der Waals surface area contributed by atoms with Crippen LogP contribution < -0.4 is 19.9 Å². The van der Waals surface area contributed by atoms with Crippen LogP contribution in [0.3, 0.4) is 0 Å². The standard InChI is InChI=1S/C24H19F3N2O5S/c25-24(26,27)19-12-16(4-7-18(19)14-1-5-17(6-2-14)35(28,31)32)29-22(30)23(9-10-23)15-3-8-20-21(11-15)34-13-33-20/h1-8,11-12H,9-10,13H2,(H,29,30)(H2,28,31,32). The molecule has 0 aromatic heterocycles. The van der Waals surface area contributed by atoms with E-state index in [0.29, 0.717) is 29.9 Å². The summed E-state index contributed by atoms with van der Waals surface area (Å²) in [6, 6.07) is 13.5. The Morgan fingerprint density at radius 1 is 0.943 bits per heavy atom. The molecular weight excluding hydrogens is 485 g/mol. The molecule has 1 heterocycles. The van der Waals surface area contributed by atoms with Crippen LogP contribution in [0.2, 0.25) is 0 Å². The molecule has 5 rings (SSSR count). The van der Waals surface area contributed by atoms with Crippen LogP contribution in [0.1, 0.15) is 24.0 Å². The minimum absolute atomic E-state index is 0.000695. The fraction of sp³-hybridized carbons (Fsp3) is 0.208. The van der Waals surface area contributed by atoms with Crippen molar-refractivity contribution < 1.29 is 35.9 Å². The summed E-state index contributed by atoms with van der Waals surface area (Å²) in [5, 5.41) is 7.68. The van der Waals surface area contributed by atoms with E-state index < -0.39 is 33.1 Å². The average molecular weight is 504 g/mol. The third-order valence-electron chi connectivity index (χ3n) is 6.19. The molecule has 1 aliphatic carbocycles. The number of fused-ring (bicyclic) bond motifs is 1. The smallest absolute Gasteiger partial charge is 0.417 e. The molecule has 1 fully saturated rings. The van der Waals surface area contributed by atoms with Crippen molar-refractivity contribution in [2.24, 2.45) is 5.14 Å². The molecule has 35 heavy (non-hydrogen) atoms. The third-order valence-corrected chi connectivity index (χ3v) is 7.12. The van der Waals surface area contributed by atoms with Crippen LogP contribution in [-0.4, -0.2) is 21.1 Å². The Labute approximate surface area is 198 Å². The lowest BCUT2D eigenvalue weighted by atomic mass is 9.94. The number of hydrogen-bond donors (Lipinski definition) is 2. The van der Waals surface area contributed by atoms with E-state index in [0.717, 1.165) is 18.2 Å². The van der Waals surface area contributed by atoms with Crippen LogP contribution in [-0.2, 0) is 26.4 Å². The Balaban J connectivity index is 1.44. The molecule has 2 aliphatic rings. The number of anilines is 1. The van der Waals surface area contributed by atoms with E-state index >= 15 is 0 Å². The molecule has 0 spiro atoms. The summed E-state index contributed by atoms with van der Waals surface area (Å²) >= 11 is 0. The Morgan fingerprint density at radius 2 is 1.63 bits per heavy atom. The number of primary sulfonamides is 1. The van der Waals surface area contributed by atoms with Gasteiger partial charge in [0.05, 0.1) is 15.9 Å². The summed E-state index contributed by atoms with van der Waals surface area (Å²) in [6.07, 6.45) is -3.61. The highest BCUT2D eigenvalue weighted by Gasteiger charge is 2.51. The highest BCUT2D eigenvalue weighted by atomic mass is 32.2. The topological polar surface area (TPSA) is 108 Å². The van der Waals surface area contributed by atoms with Gasteiger partial charge in [-0.1, -0.05) is 24.3 Å². The second-order valence-electron chi connectivity index (χ2n) is 8.43. The highest BCUT2D eigenvalue weighted by Crippen LogP contribution is 2.51. The predicted octanol–water partition coefficient (Wildman–Crippen LogP) is 4.42. The molecule has 7 nitrogen and oxygen atoms in total. The number of hydrogen-bond acceptors (Lipinski definition) is 5. The van der Waals surface area contributed by atoms with Crippen LogP contribution in [0.5, 0.6) is 11.5 Å². The quantitative estimate of drug-likeness (QED) is 0.535. The first kappa shape index (κ1) is 23.2. The zero-order valence-corrected chi connectivity index (χ0v) is 18.9. The number of nitrogens with two attached hydrogens (primary N) is 1. The Morgan fingerprint density at radius 3 is 2.26 bits per heavy atom. The largest absolute Gasteiger partial charge is 0.454 e. The molecule has 182 valence electrons. The summed E-state index contributed by atoms with van der Waals surface area (Å²) in [5.41, 5.74) is -1.11. The molecule has 0 bridgehead atoms. The molecule has 1 aliphatic heterocycles. The molecule has 0 radical (unpaired) electrons. The van der Waals surface area contributed by atoms with Gasteiger partial charge in [-0.15, -0.1) is 0 Å². The zero-order chi connectivity index (χ0) is 25.0. The number of carbonyl (C=O) groups excluding carboxylic acids is 1. The minimum Gasteiger partial charge on any atom is -0.454 e.